The van der Waals surface area contributed by atoms with Crippen LogP contribution in [0, 0.1) is 0 Å². The first kappa shape index (κ1) is 21.5. The number of hydrogen-bond donors (Lipinski definition) is 1. The zero-order valence-corrected chi connectivity index (χ0v) is 19.7. The molecule has 0 atom stereocenters. The van der Waals surface area contributed by atoms with Gasteiger partial charge in [0, 0.05) is 49.0 Å². The maximum atomic E-state index is 5.46. The molecule has 0 bridgehead atoms. The van der Waals surface area contributed by atoms with Crippen molar-refractivity contribution in [3.05, 3.63) is 53.7 Å². The Hall–Kier alpha value is -3.05. The second kappa shape index (κ2) is 9.67. The fraction of sp³-hybridized carbons (Fsp3) is 0.375. The molecule has 0 spiro atoms. The van der Waals surface area contributed by atoms with Crippen molar-refractivity contribution >= 4 is 34.3 Å². The predicted octanol–water partition coefficient (Wildman–Crippen LogP) is 3.27. The SMILES string of the molecule is c1cc(N2CCOCC2)ccc1Nc1nc2cncc(-c3ccc(CN4CCOCC4)s3)n2n1. The number of anilines is 3. The van der Waals surface area contributed by atoms with Gasteiger partial charge in [-0.3, -0.25) is 9.88 Å². The molecule has 2 saturated heterocycles. The van der Waals surface area contributed by atoms with Crippen molar-refractivity contribution in [3.63, 3.8) is 0 Å². The molecule has 1 N–H and O–H groups in total. The van der Waals surface area contributed by atoms with Gasteiger partial charge in [0.2, 0.25) is 5.95 Å². The highest BCUT2D eigenvalue weighted by atomic mass is 32.1. The summed E-state index contributed by atoms with van der Waals surface area (Å²) in [6.07, 6.45) is 3.60. The average molecular weight is 478 g/mol. The quantitative estimate of drug-likeness (QED) is 0.453. The molecule has 34 heavy (non-hydrogen) atoms. The van der Waals surface area contributed by atoms with E-state index in [0.717, 1.165) is 75.4 Å². The molecule has 9 nitrogen and oxygen atoms in total. The number of hydrogen-bond acceptors (Lipinski definition) is 9. The highest BCUT2D eigenvalue weighted by Crippen LogP contribution is 2.29. The van der Waals surface area contributed by atoms with Crippen LogP contribution in [0.1, 0.15) is 4.88 Å². The van der Waals surface area contributed by atoms with Crippen LogP contribution >= 0.6 is 11.3 Å². The Morgan fingerprint density at radius 1 is 0.882 bits per heavy atom. The normalized spacial score (nSPS) is 17.4. The first-order chi connectivity index (χ1) is 16.8. The molecule has 1 aromatic carbocycles. The van der Waals surface area contributed by atoms with Crippen LogP contribution in [0.3, 0.4) is 0 Å². The summed E-state index contributed by atoms with van der Waals surface area (Å²) in [6, 6.07) is 12.7. The van der Waals surface area contributed by atoms with Crippen LogP contribution in [0.15, 0.2) is 48.8 Å². The summed E-state index contributed by atoms with van der Waals surface area (Å²) < 4.78 is 12.8. The van der Waals surface area contributed by atoms with E-state index in [0.29, 0.717) is 11.6 Å². The minimum absolute atomic E-state index is 0.554. The number of ether oxygens (including phenoxy) is 2. The van der Waals surface area contributed by atoms with Gasteiger partial charge in [0.1, 0.15) is 5.69 Å². The molecule has 3 aromatic heterocycles. The van der Waals surface area contributed by atoms with Crippen LogP contribution in [0.5, 0.6) is 0 Å². The van der Waals surface area contributed by atoms with Crippen LogP contribution in [0.4, 0.5) is 17.3 Å². The van der Waals surface area contributed by atoms with E-state index in [9.17, 15) is 0 Å². The highest BCUT2D eigenvalue weighted by molar-refractivity contribution is 7.15. The molecule has 0 saturated carbocycles. The van der Waals surface area contributed by atoms with E-state index < -0.39 is 0 Å². The molecule has 0 amide bonds. The lowest BCUT2D eigenvalue weighted by Gasteiger charge is -2.28. The third-order valence-corrected chi connectivity index (χ3v) is 7.24. The van der Waals surface area contributed by atoms with Crippen molar-refractivity contribution in [3.8, 4) is 10.6 Å². The minimum Gasteiger partial charge on any atom is -0.379 e. The van der Waals surface area contributed by atoms with Crippen molar-refractivity contribution in [2.45, 2.75) is 6.54 Å². The Balaban J connectivity index is 1.19. The van der Waals surface area contributed by atoms with Gasteiger partial charge in [-0.25, -0.2) is 4.52 Å². The second-order valence-corrected chi connectivity index (χ2v) is 9.59. The summed E-state index contributed by atoms with van der Waals surface area (Å²) in [6.45, 7) is 7.94. The summed E-state index contributed by atoms with van der Waals surface area (Å²) in [5.74, 6) is 0.554. The molecule has 0 unspecified atom stereocenters. The summed E-state index contributed by atoms with van der Waals surface area (Å²) in [7, 11) is 0. The van der Waals surface area contributed by atoms with E-state index in [1.54, 1.807) is 17.5 Å². The Labute approximate surface area is 202 Å². The monoisotopic (exact) mass is 477 g/mol. The topological polar surface area (TPSA) is 80.0 Å². The Morgan fingerprint density at radius 3 is 2.44 bits per heavy atom. The van der Waals surface area contributed by atoms with E-state index in [2.05, 4.69) is 61.5 Å². The van der Waals surface area contributed by atoms with Gasteiger partial charge in [0.05, 0.1) is 43.7 Å². The molecule has 0 aliphatic carbocycles. The van der Waals surface area contributed by atoms with E-state index in [1.807, 2.05) is 10.7 Å². The minimum atomic E-state index is 0.554. The van der Waals surface area contributed by atoms with Gasteiger partial charge in [-0.1, -0.05) is 0 Å². The van der Waals surface area contributed by atoms with E-state index in [4.69, 9.17) is 14.6 Å². The number of morpholine rings is 2. The van der Waals surface area contributed by atoms with Crippen LogP contribution < -0.4 is 10.2 Å². The fourth-order valence-corrected chi connectivity index (χ4v) is 5.37. The number of thiophene rings is 1. The first-order valence-corrected chi connectivity index (χ1v) is 12.4. The molecule has 10 heteroatoms. The van der Waals surface area contributed by atoms with Gasteiger partial charge in [0.25, 0.3) is 0 Å². The van der Waals surface area contributed by atoms with Crippen molar-refractivity contribution < 1.29 is 9.47 Å². The number of benzene rings is 1. The van der Waals surface area contributed by atoms with Crippen LogP contribution in [-0.2, 0) is 16.0 Å². The molecule has 2 aliphatic heterocycles. The summed E-state index contributed by atoms with van der Waals surface area (Å²) in [4.78, 5) is 16.3. The molecule has 5 heterocycles. The van der Waals surface area contributed by atoms with Crippen molar-refractivity contribution in [2.24, 2.45) is 0 Å². The lowest BCUT2D eigenvalue weighted by atomic mass is 10.2. The Morgan fingerprint density at radius 2 is 1.65 bits per heavy atom. The number of nitrogens with one attached hydrogen (secondary N) is 1. The second-order valence-electron chi connectivity index (χ2n) is 8.42. The Bertz CT molecular complexity index is 1240. The van der Waals surface area contributed by atoms with Crippen molar-refractivity contribution in [1.82, 2.24) is 24.5 Å². The van der Waals surface area contributed by atoms with Crippen LogP contribution in [0.2, 0.25) is 0 Å². The molecule has 4 aromatic rings. The lowest BCUT2D eigenvalue weighted by molar-refractivity contribution is 0.0346. The van der Waals surface area contributed by atoms with Crippen molar-refractivity contribution in [1.29, 1.82) is 0 Å². The third-order valence-electron chi connectivity index (χ3n) is 6.14. The molecule has 2 fully saturated rings. The Kier molecular flexibility index (Phi) is 6.11. The van der Waals surface area contributed by atoms with E-state index >= 15 is 0 Å². The van der Waals surface area contributed by atoms with Gasteiger partial charge in [-0.2, -0.15) is 4.98 Å². The lowest BCUT2D eigenvalue weighted by Crippen LogP contribution is -2.36. The number of rotatable bonds is 6. The molecule has 2 aliphatic rings. The maximum absolute atomic E-state index is 5.46. The van der Waals surface area contributed by atoms with Gasteiger partial charge < -0.3 is 19.7 Å². The summed E-state index contributed by atoms with van der Waals surface area (Å²) in [5.41, 5.74) is 3.81. The molecule has 6 rings (SSSR count). The van der Waals surface area contributed by atoms with Gasteiger partial charge in [-0.05, 0) is 36.4 Å². The number of fused-ring (bicyclic) bond motifs is 1. The van der Waals surface area contributed by atoms with Crippen LogP contribution in [-0.4, -0.2) is 77.1 Å². The molecular weight excluding hydrogens is 450 g/mol. The van der Waals surface area contributed by atoms with E-state index in [-0.39, 0.29) is 0 Å². The largest absolute Gasteiger partial charge is 0.379 e. The average Bonchev–Trinajstić information content (AvgIpc) is 3.52. The molecular formula is C24H27N7O2S. The van der Waals surface area contributed by atoms with Gasteiger partial charge in [0.15, 0.2) is 5.65 Å². The standard InChI is InChI=1S/C24H27N7O2S/c1-3-19(30-9-13-33-14-10-30)4-2-18(1)26-24-27-23-16-25-15-21(31(23)28-24)22-6-5-20(34-22)17-29-7-11-32-12-8-29/h1-6,15-16H,7-14,17H2,(H,26,28). The summed E-state index contributed by atoms with van der Waals surface area (Å²) in [5, 5.41) is 8.06. The zero-order chi connectivity index (χ0) is 22.7. The smallest absolute Gasteiger partial charge is 0.247 e. The maximum Gasteiger partial charge on any atom is 0.247 e. The summed E-state index contributed by atoms with van der Waals surface area (Å²) >= 11 is 1.78. The van der Waals surface area contributed by atoms with E-state index in [1.165, 1.54) is 10.6 Å². The van der Waals surface area contributed by atoms with Crippen molar-refractivity contribution in [2.75, 3.05) is 62.8 Å². The number of nitrogens with zero attached hydrogens (tertiary/aromatic N) is 6. The fourth-order valence-electron chi connectivity index (χ4n) is 4.32. The first-order valence-electron chi connectivity index (χ1n) is 11.6. The van der Waals surface area contributed by atoms with Gasteiger partial charge in [-0.15, -0.1) is 16.4 Å². The highest BCUT2D eigenvalue weighted by Gasteiger charge is 2.15. The van der Waals surface area contributed by atoms with Crippen LogP contribution in [0.25, 0.3) is 16.2 Å². The van der Waals surface area contributed by atoms with Gasteiger partial charge >= 0.3 is 0 Å². The molecule has 0 radical (unpaired) electrons. The predicted molar refractivity (Wildman–Crippen MR) is 133 cm³/mol. The molecule has 176 valence electrons. The third kappa shape index (κ3) is 4.62. The zero-order valence-electron chi connectivity index (χ0n) is 18.9. The number of aromatic nitrogens is 4.